The molecule has 1 heterocycles. The first-order valence-corrected chi connectivity index (χ1v) is 5.78. The van der Waals surface area contributed by atoms with Crippen LogP contribution in [0.15, 0.2) is 0 Å². The summed E-state index contributed by atoms with van der Waals surface area (Å²) in [5.41, 5.74) is 5.85. The van der Waals surface area contributed by atoms with Crippen LogP contribution in [0.2, 0.25) is 0 Å². The number of ether oxygens (including phenoxy) is 1. The summed E-state index contributed by atoms with van der Waals surface area (Å²) in [6.45, 7) is 6.14. The predicted octanol–water partition coefficient (Wildman–Crippen LogP) is 0.751. The minimum absolute atomic E-state index is 0.0145. The SMILES string of the molecule is CCCC(N)CC(=O)N1CCOC(C)C1. The third-order valence-electron chi connectivity index (χ3n) is 2.69. The summed E-state index contributed by atoms with van der Waals surface area (Å²) in [7, 11) is 0. The summed E-state index contributed by atoms with van der Waals surface area (Å²) in [5, 5.41) is 0. The number of nitrogens with zero attached hydrogens (tertiary/aromatic N) is 1. The van der Waals surface area contributed by atoms with Gasteiger partial charge in [0.15, 0.2) is 0 Å². The molecule has 1 aliphatic rings. The molecule has 1 aliphatic heterocycles. The third kappa shape index (κ3) is 4.18. The van der Waals surface area contributed by atoms with E-state index in [4.69, 9.17) is 10.5 Å². The lowest BCUT2D eigenvalue weighted by atomic mass is 10.1. The fraction of sp³-hybridized carbons (Fsp3) is 0.909. The largest absolute Gasteiger partial charge is 0.375 e. The van der Waals surface area contributed by atoms with Crippen LogP contribution in [0, 0.1) is 0 Å². The molecule has 0 spiro atoms. The molecule has 0 aliphatic carbocycles. The molecule has 2 atom stereocenters. The Hall–Kier alpha value is -0.610. The Balaban J connectivity index is 2.32. The van der Waals surface area contributed by atoms with Crippen molar-refractivity contribution < 1.29 is 9.53 Å². The first kappa shape index (κ1) is 12.5. The number of carbonyl (C=O) groups excluding carboxylic acids is 1. The van der Waals surface area contributed by atoms with E-state index in [1.54, 1.807) is 0 Å². The quantitative estimate of drug-likeness (QED) is 0.751. The first-order chi connectivity index (χ1) is 7.13. The maximum absolute atomic E-state index is 11.8. The average molecular weight is 214 g/mol. The number of nitrogens with two attached hydrogens (primary N) is 1. The van der Waals surface area contributed by atoms with E-state index in [1.807, 2.05) is 11.8 Å². The van der Waals surface area contributed by atoms with Crippen molar-refractivity contribution in [2.75, 3.05) is 19.7 Å². The number of amides is 1. The molecule has 88 valence electrons. The van der Waals surface area contributed by atoms with Gasteiger partial charge in [0.05, 0.1) is 12.7 Å². The Morgan fingerprint density at radius 1 is 1.67 bits per heavy atom. The Labute approximate surface area is 91.8 Å². The molecule has 1 saturated heterocycles. The second-order valence-corrected chi connectivity index (χ2v) is 4.27. The zero-order valence-electron chi connectivity index (χ0n) is 9.74. The highest BCUT2D eigenvalue weighted by Gasteiger charge is 2.22. The topological polar surface area (TPSA) is 55.6 Å². The molecule has 0 aromatic carbocycles. The molecule has 0 saturated carbocycles. The minimum Gasteiger partial charge on any atom is -0.375 e. The molecule has 1 fully saturated rings. The number of hydrogen-bond acceptors (Lipinski definition) is 3. The molecule has 0 bridgehead atoms. The van der Waals surface area contributed by atoms with Crippen molar-refractivity contribution in [2.24, 2.45) is 5.73 Å². The summed E-state index contributed by atoms with van der Waals surface area (Å²) >= 11 is 0. The summed E-state index contributed by atoms with van der Waals surface area (Å²) in [6.07, 6.45) is 2.59. The van der Waals surface area contributed by atoms with Crippen molar-refractivity contribution in [1.29, 1.82) is 0 Å². The molecule has 4 heteroatoms. The smallest absolute Gasteiger partial charge is 0.224 e. The van der Waals surface area contributed by atoms with Crippen LogP contribution >= 0.6 is 0 Å². The summed E-state index contributed by atoms with van der Waals surface area (Å²) in [5.74, 6) is 0.172. The maximum Gasteiger partial charge on any atom is 0.224 e. The highest BCUT2D eigenvalue weighted by Crippen LogP contribution is 2.08. The molecule has 1 amide bonds. The second kappa shape index (κ2) is 6.08. The van der Waals surface area contributed by atoms with E-state index in [0.29, 0.717) is 26.1 Å². The third-order valence-corrected chi connectivity index (χ3v) is 2.69. The monoisotopic (exact) mass is 214 g/mol. The lowest BCUT2D eigenvalue weighted by Gasteiger charge is -2.31. The standard InChI is InChI=1S/C11H22N2O2/c1-3-4-10(12)7-11(14)13-5-6-15-9(2)8-13/h9-10H,3-8,12H2,1-2H3. The van der Waals surface area contributed by atoms with E-state index >= 15 is 0 Å². The minimum atomic E-state index is 0.0145. The molecular formula is C11H22N2O2. The van der Waals surface area contributed by atoms with E-state index in [-0.39, 0.29) is 18.1 Å². The van der Waals surface area contributed by atoms with Crippen LogP contribution in [0.25, 0.3) is 0 Å². The van der Waals surface area contributed by atoms with Gasteiger partial charge in [0.2, 0.25) is 5.91 Å². The molecule has 1 rings (SSSR count). The number of carbonyl (C=O) groups is 1. The first-order valence-electron chi connectivity index (χ1n) is 5.78. The van der Waals surface area contributed by atoms with Crippen LogP contribution in [0.4, 0.5) is 0 Å². The maximum atomic E-state index is 11.8. The molecule has 0 aromatic rings. The van der Waals surface area contributed by atoms with Gasteiger partial charge in [-0.3, -0.25) is 4.79 Å². The van der Waals surface area contributed by atoms with Gasteiger partial charge in [0, 0.05) is 25.6 Å². The average Bonchev–Trinajstić information content (AvgIpc) is 2.18. The van der Waals surface area contributed by atoms with Crippen molar-refractivity contribution in [3.63, 3.8) is 0 Å². The van der Waals surface area contributed by atoms with Crippen LogP contribution in [0.1, 0.15) is 33.1 Å². The van der Waals surface area contributed by atoms with Crippen molar-refractivity contribution >= 4 is 5.91 Å². The summed E-state index contributed by atoms with van der Waals surface area (Å²) in [4.78, 5) is 13.7. The molecule has 0 aromatic heterocycles. The van der Waals surface area contributed by atoms with Crippen LogP contribution in [0.5, 0.6) is 0 Å². The van der Waals surface area contributed by atoms with Gasteiger partial charge in [0.1, 0.15) is 0 Å². The Bertz CT molecular complexity index is 209. The predicted molar refractivity (Wildman–Crippen MR) is 59.5 cm³/mol. The van der Waals surface area contributed by atoms with Gasteiger partial charge in [-0.25, -0.2) is 0 Å². The van der Waals surface area contributed by atoms with Crippen molar-refractivity contribution in [3.8, 4) is 0 Å². The number of rotatable bonds is 4. The normalized spacial score (nSPS) is 23.9. The lowest BCUT2D eigenvalue weighted by Crippen LogP contribution is -2.46. The molecular weight excluding hydrogens is 192 g/mol. The summed E-state index contributed by atoms with van der Waals surface area (Å²) in [6, 6.07) is 0.0145. The van der Waals surface area contributed by atoms with Crippen molar-refractivity contribution in [3.05, 3.63) is 0 Å². The van der Waals surface area contributed by atoms with E-state index in [1.165, 1.54) is 0 Å². The molecule has 0 radical (unpaired) electrons. The van der Waals surface area contributed by atoms with Crippen molar-refractivity contribution in [2.45, 2.75) is 45.3 Å². The highest BCUT2D eigenvalue weighted by molar-refractivity contribution is 5.76. The summed E-state index contributed by atoms with van der Waals surface area (Å²) < 4.78 is 5.39. The highest BCUT2D eigenvalue weighted by atomic mass is 16.5. The van der Waals surface area contributed by atoms with E-state index in [2.05, 4.69) is 6.92 Å². The van der Waals surface area contributed by atoms with Gasteiger partial charge in [-0.2, -0.15) is 0 Å². The van der Waals surface area contributed by atoms with Gasteiger partial charge in [-0.15, -0.1) is 0 Å². The zero-order chi connectivity index (χ0) is 11.3. The Morgan fingerprint density at radius 3 is 3.00 bits per heavy atom. The van der Waals surface area contributed by atoms with Crippen LogP contribution < -0.4 is 5.73 Å². The van der Waals surface area contributed by atoms with Crippen LogP contribution in [0.3, 0.4) is 0 Å². The Kier molecular flexibility index (Phi) is 5.05. The van der Waals surface area contributed by atoms with Gasteiger partial charge in [-0.05, 0) is 13.3 Å². The molecule has 2 unspecified atom stereocenters. The zero-order valence-corrected chi connectivity index (χ0v) is 9.74. The molecule has 15 heavy (non-hydrogen) atoms. The lowest BCUT2D eigenvalue weighted by molar-refractivity contribution is -0.138. The van der Waals surface area contributed by atoms with Gasteiger partial charge in [-0.1, -0.05) is 13.3 Å². The van der Waals surface area contributed by atoms with E-state index in [0.717, 1.165) is 12.8 Å². The Morgan fingerprint density at radius 2 is 2.40 bits per heavy atom. The second-order valence-electron chi connectivity index (χ2n) is 4.27. The van der Waals surface area contributed by atoms with Crippen LogP contribution in [-0.4, -0.2) is 42.6 Å². The number of morpholine rings is 1. The van der Waals surface area contributed by atoms with Crippen molar-refractivity contribution in [1.82, 2.24) is 4.90 Å². The van der Waals surface area contributed by atoms with Crippen LogP contribution in [-0.2, 0) is 9.53 Å². The van der Waals surface area contributed by atoms with Gasteiger partial charge in [0.25, 0.3) is 0 Å². The number of hydrogen-bond donors (Lipinski definition) is 1. The fourth-order valence-electron chi connectivity index (χ4n) is 1.87. The van der Waals surface area contributed by atoms with E-state index in [9.17, 15) is 4.79 Å². The van der Waals surface area contributed by atoms with Gasteiger partial charge < -0.3 is 15.4 Å². The molecule has 4 nitrogen and oxygen atoms in total. The van der Waals surface area contributed by atoms with Gasteiger partial charge >= 0.3 is 0 Å². The molecule has 2 N–H and O–H groups in total. The van der Waals surface area contributed by atoms with E-state index < -0.39 is 0 Å². The fourth-order valence-corrected chi connectivity index (χ4v) is 1.87.